The predicted molar refractivity (Wildman–Crippen MR) is 184 cm³/mol. The Balaban J connectivity index is 1.50. The number of ether oxygens (including phenoxy) is 2. The zero-order valence-electron chi connectivity index (χ0n) is 28.5. The first-order chi connectivity index (χ1) is 23.2. The second-order valence-electron chi connectivity index (χ2n) is 14.6. The average molecular weight is 697 g/mol. The van der Waals surface area contributed by atoms with E-state index in [0.29, 0.717) is 61.3 Å². The van der Waals surface area contributed by atoms with E-state index in [9.17, 15) is 17.6 Å². The maximum atomic E-state index is 15.1. The summed E-state index contributed by atoms with van der Waals surface area (Å²) in [5.74, 6) is -1.83. The molecule has 49 heavy (non-hydrogen) atoms. The van der Waals surface area contributed by atoms with Crippen LogP contribution in [0, 0.1) is 11.6 Å². The molecule has 3 aliphatic rings. The molecular weight excluding hydrogens is 650 g/mol. The number of hydrogen-bond donors (Lipinski definition) is 2. The third-order valence-electron chi connectivity index (χ3n) is 9.89. The Kier molecular flexibility index (Phi) is 9.92. The monoisotopic (exact) mass is 696 g/mol. The Bertz CT molecular complexity index is 1850. The van der Waals surface area contributed by atoms with Crippen molar-refractivity contribution in [1.82, 2.24) is 9.88 Å². The van der Waals surface area contributed by atoms with Gasteiger partial charge in [0.05, 0.1) is 5.69 Å². The first-order valence-corrected chi connectivity index (χ1v) is 18.9. The van der Waals surface area contributed by atoms with E-state index >= 15 is 4.39 Å². The van der Waals surface area contributed by atoms with Crippen LogP contribution in [-0.4, -0.2) is 43.1 Å². The lowest BCUT2D eigenvalue weighted by molar-refractivity contribution is 0.0205. The highest BCUT2D eigenvalue weighted by molar-refractivity contribution is 7.89. The second kappa shape index (κ2) is 13.9. The number of nitrogens with zero attached hydrogens (tertiary/aromatic N) is 2. The number of likely N-dealkylation sites (tertiary alicyclic amines) is 1. The van der Waals surface area contributed by atoms with Crippen LogP contribution < -0.4 is 15.6 Å². The Morgan fingerprint density at radius 3 is 2.27 bits per heavy atom. The third-order valence-corrected chi connectivity index (χ3v) is 10.9. The lowest BCUT2D eigenvalue weighted by Gasteiger charge is -2.34. The number of anilines is 1. The molecule has 1 aliphatic heterocycles. The van der Waals surface area contributed by atoms with Gasteiger partial charge in [0.15, 0.2) is 11.6 Å². The number of nitrogens with two attached hydrogens (primary N) is 2. The zero-order valence-corrected chi connectivity index (χ0v) is 29.3. The number of aromatic nitrogens is 1. The van der Waals surface area contributed by atoms with Gasteiger partial charge in [0.25, 0.3) is 0 Å². The van der Waals surface area contributed by atoms with Crippen molar-refractivity contribution in [2.75, 3.05) is 18.8 Å². The molecule has 2 heterocycles. The van der Waals surface area contributed by atoms with E-state index < -0.39 is 27.3 Å². The second-order valence-corrected chi connectivity index (χ2v) is 16.1. The van der Waals surface area contributed by atoms with Crippen molar-refractivity contribution in [1.29, 1.82) is 0 Å². The molecular formula is C37H46F2N4O5S. The molecule has 1 saturated heterocycles. The molecule has 0 unspecified atom stereocenters. The molecule has 0 radical (unpaired) electrons. The van der Waals surface area contributed by atoms with Gasteiger partial charge in [0, 0.05) is 47.6 Å². The Morgan fingerprint density at radius 2 is 1.61 bits per heavy atom. The topological polar surface area (TPSA) is 138 Å². The molecule has 0 atom stereocenters. The van der Waals surface area contributed by atoms with Crippen LogP contribution in [0.5, 0.6) is 11.5 Å². The summed E-state index contributed by atoms with van der Waals surface area (Å²) < 4.78 is 68.1. The molecule has 1 aromatic heterocycles. The van der Waals surface area contributed by atoms with Crippen LogP contribution in [0.2, 0.25) is 0 Å². The van der Waals surface area contributed by atoms with Crippen molar-refractivity contribution in [2.45, 2.75) is 114 Å². The Labute approximate surface area is 287 Å². The van der Waals surface area contributed by atoms with Gasteiger partial charge in [0.1, 0.15) is 22.1 Å². The fourth-order valence-electron chi connectivity index (χ4n) is 7.59. The van der Waals surface area contributed by atoms with Crippen LogP contribution >= 0.6 is 0 Å². The van der Waals surface area contributed by atoms with E-state index in [2.05, 4.69) is 0 Å². The van der Waals surface area contributed by atoms with E-state index in [0.717, 1.165) is 73.9 Å². The number of benzene rings is 2. The van der Waals surface area contributed by atoms with Gasteiger partial charge in [-0.1, -0.05) is 19.3 Å². The molecule has 2 fully saturated rings. The number of hydrogen-bond acceptors (Lipinski definition) is 7. The summed E-state index contributed by atoms with van der Waals surface area (Å²) in [4.78, 5) is 19.4. The highest BCUT2D eigenvalue weighted by atomic mass is 32.2. The van der Waals surface area contributed by atoms with Crippen molar-refractivity contribution in [3.8, 4) is 22.6 Å². The van der Waals surface area contributed by atoms with Gasteiger partial charge in [-0.15, -0.1) is 0 Å². The standard InChI is InChI=1S/C37H46F2N4O5S/c1-37(2,3)48-36(44)43-17-15-22(16-18-43)26-21-32(47-31-14-13-24(38)19-28(31)39)27(20-29(26)40)33-25-11-7-8-12-30(25)42-34(35(33)49(41,45)46)23-9-5-4-6-10-23/h13-14,19-23H,4-12,15-18,40H2,1-3H3,(H2,41,45,46). The minimum atomic E-state index is -4.30. The highest BCUT2D eigenvalue weighted by Gasteiger charge is 2.35. The molecule has 3 aromatic rings. The average Bonchev–Trinajstić information content (AvgIpc) is 3.05. The van der Waals surface area contributed by atoms with E-state index in [1.807, 2.05) is 20.8 Å². The molecule has 12 heteroatoms. The number of carbonyl (C=O) groups excluding carboxylic acids is 1. The van der Waals surface area contributed by atoms with Crippen LogP contribution in [0.25, 0.3) is 11.1 Å². The van der Waals surface area contributed by atoms with E-state index in [-0.39, 0.29) is 34.3 Å². The summed E-state index contributed by atoms with van der Waals surface area (Å²) >= 11 is 0. The highest BCUT2D eigenvalue weighted by Crippen LogP contribution is 2.48. The molecule has 0 spiro atoms. The Morgan fingerprint density at radius 1 is 0.918 bits per heavy atom. The number of fused-ring (bicyclic) bond motifs is 1. The van der Waals surface area contributed by atoms with E-state index in [1.165, 1.54) is 6.07 Å². The van der Waals surface area contributed by atoms with E-state index in [1.54, 1.807) is 17.0 Å². The van der Waals surface area contributed by atoms with Gasteiger partial charge in [-0.3, -0.25) is 4.98 Å². The maximum Gasteiger partial charge on any atom is 0.410 e. The molecule has 0 bridgehead atoms. The van der Waals surface area contributed by atoms with Crippen LogP contribution in [0.1, 0.15) is 113 Å². The number of rotatable bonds is 6. The van der Waals surface area contributed by atoms with Crippen LogP contribution in [0.4, 0.5) is 19.3 Å². The number of sulfonamides is 1. The smallest absolute Gasteiger partial charge is 0.410 e. The van der Waals surface area contributed by atoms with Gasteiger partial charge in [0.2, 0.25) is 10.0 Å². The number of aryl methyl sites for hydroxylation is 1. The number of nitrogen functional groups attached to an aromatic ring is 1. The number of halogens is 2. The SMILES string of the molecule is CC(C)(C)OC(=O)N1CCC(c2cc(Oc3ccc(F)cc3F)c(-c3c4c(nc(C5CCCCC5)c3S(N)(=O)=O)CCCC4)cc2N)CC1. The minimum Gasteiger partial charge on any atom is -0.454 e. The van der Waals surface area contributed by atoms with Crippen molar-refractivity contribution < 1.29 is 31.5 Å². The molecule has 6 rings (SSSR count). The largest absolute Gasteiger partial charge is 0.454 e. The van der Waals surface area contributed by atoms with Crippen molar-refractivity contribution >= 4 is 21.8 Å². The van der Waals surface area contributed by atoms with Crippen molar-refractivity contribution in [3.05, 3.63) is 64.5 Å². The summed E-state index contributed by atoms with van der Waals surface area (Å²) in [6.07, 6.45) is 8.46. The maximum absolute atomic E-state index is 15.1. The van der Waals surface area contributed by atoms with Crippen LogP contribution in [-0.2, 0) is 27.6 Å². The first-order valence-electron chi connectivity index (χ1n) is 17.3. The summed E-state index contributed by atoms with van der Waals surface area (Å²) in [7, 11) is -4.30. The molecule has 4 N–H and O–H groups in total. The molecule has 1 saturated carbocycles. The zero-order chi connectivity index (χ0) is 35.1. The van der Waals surface area contributed by atoms with Gasteiger partial charge < -0.3 is 20.1 Å². The molecule has 1 amide bonds. The number of carbonyl (C=O) groups is 1. The quantitative estimate of drug-likeness (QED) is 0.249. The summed E-state index contributed by atoms with van der Waals surface area (Å²) in [6, 6.07) is 6.50. The molecule has 264 valence electrons. The summed E-state index contributed by atoms with van der Waals surface area (Å²) in [5, 5.41) is 6.06. The fourth-order valence-corrected chi connectivity index (χ4v) is 8.61. The van der Waals surface area contributed by atoms with Gasteiger partial charge in [-0.2, -0.15) is 0 Å². The molecule has 9 nitrogen and oxygen atoms in total. The summed E-state index contributed by atoms with van der Waals surface area (Å²) in [6.45, 7) is 6.36. The van der Waals surface area contributed by atoms with Crippen molar-refractivity contribution in [3.63, 3.8) is 0 Å². The number of pyridine rings is 1. The predicted octanol–water partition coefficient (Wildman–Crippen LogP) is 8.09. The fraction of sp³-hybridized carbons (Fsp3) is 0.514. The van der Waals surface area contributed by atoms with Gasteiger partial charge in [-0.05, 0) is 113 Å². The first kappa shape index (κ1) is 35.1. The van der Waals surface area contributed by atoms with Gasteiger partial charge >= 0.3 is 6.09 Å². The summed E-state index contributed by atoms with van der Waals surface area (Å²) in [5.41, 5.74) is 10.2. The van der Waals surface area contributed by atoms with E-state index in [4.69, 9.17) is 25.3 Å². The van der Waals surface area contributed by atoms with Crippen LogP contribution in [0.3, 0.4) is 0 Å². The van der Waals surface area contributed by atoms with Gasteiger partial charge in [-0.25, -0.2) is 27.1 Å². The minimum absolute atomic E-state index is 0.0257. The number of piperidine rings is 1. The molecule has 2 aromatic carbocycles. The normalized spacial score (nSPS) is 17.9. The van der Waals surface area contributed by atoms with Crippen LogP contribution in [0.15, 0.2) is 35.2 Å². The third kappa shape index (κ3) is 7.70. The lowest BCUT2D eigenvalue weighted by Crippen LogP contribution is -2.41. The lowest BCUT2D eigenvalue weighted by atomic mass is 9.82. The number of primary sulfonamides is 1. The van der Waals surface area contributed by atoms with Crippen molar-refractivity contribution in [2.24, 2.45) is 5.14 Å². The number of amides is 1. The molecule has 2 aliphatic carbocycles. The Hall–Kier alpha value is -3.77.